The first kappa shape index (κ1) is 14.2. The van der Waals surface area contributed by atoms with E-state index in [1.54, 1.807) is 0 Å². The Balaban J connectivity index is 1.90. The van der Waals surface area contributed by atoms with Gasteiger partial charge in [-0.15, -0.1) is 22.9 Å². The van der Waals surface area contributed by atoms with Gasteiger partial charge in [0.1, 0.15) is 4.88 Å². The number of halogens is 2. The van der Waals surface area contributed by atoms with Crippen LogP contribution in [0.2, 0.25) is 5.02 Å². The molecule has 1 aromatic rings. The summed E-state index contributed by atoms with van der Waals surface area (Å²) in [6, 6.07) is 0. The van der Waals surface area contributed by atoms with E-state index in [2.05, 4.69) is 5.32 Å². The first-order chi connectivity index (χ1) is 8.63. The molecule has 1 heterocycles. The Morgan fingerprint density at radius 2 is 2.22 bits per heavy atom. The summed E-state index contributed by atoms with van der Waals surface area (Å²) in [4.78, 5) is 12.6. The minimum atomic E-state index is -0.0571. The molecule has 1 N–H and O–H groups in total. The third-order valence-corrected chi connectivity index (χ3v) is 5.74. The predicted molar refractivity (Wildman–Crippen MR) is 78.0 cm³/mol. The maximum absolute atomic E-state index is 12.0. The molecule has 1 fully saturated rings. The molecule has 1 aliphatic rings. The first-order valence-corrected chi connectivity index (χ1v) is 8.00. The van der Waals surface area contributed by atoms with Crippen molar-refractivity contribution in [3.05, 3.63) is 20.8 Å². The Bertz CT molecular complexity index is 433. The number of alkyl halides is 1. The van der Waals surface area contributed by atoms with Gasteiger partial charge in [0.05, 0.1) is 5.02 Å². The van der Waals surface area contributed by atoms with Crippen LogP contribution in [0, 0.1) is 18.8 Å². The van der Waals surface area contributed by atoms with Gasteiger partial charge in [0.2, 0.25) is 0 Å². The molecule has 100 valence electrons. The van der Waals surface area contributed by atoms with Gasteiger partial charge in [-0.3, -0.25) is 4.79 Å². The third-order valence-electron chi connectivity index (χ3n) is 3.64. The average Bonchev–Trinajstić information content (AvgIpc) is 2.94. The molecule has 1 amide bonds. The number of thiophene rings is 1. The van der Waals surface area contributed by atoms with Crippen LogP contribution in [0.5, 0.6) is 0 Å². The smallest absolute Gasteiger partial charge is 0.262 e. The van der Waals surface area contributed by atoms with E-state index in [0.29, 0.717) is 34.2 Å². The summed E-state index contributed by atoms with van der Waals surface area (Å²) < 4.78 is 0. The van der Waals surface area contributed by atoms with Gasteiger partial charge < -0.3 is 5.32 Å². The molecule has 2 atom stereocenters. The fraction of sp³-hybridized carbons (Fsp3) is 0.615. The Hall–Kier alpha value is -0.250. The number of amides is 1. The highest BCUT2D eigenvalue weighted by molar-refractivity contribution is 7.13. The lowest BCUT2D eigenvalue weighted by Gasteiger charge is -2.17. The van der Waals surface area contributed by atoms with Crippen molar-refractivity contribution in [2.24, 2.45) is 11.8 Å². The molecular weight excluding hydrogens is 289 g/mol. The molecule has 5 heteroatoms. The van der Waals surface area contributed by atoms with Crippen molar-refractivity contribution in [2.45, 2.75) is 26.2 Å². The van der Waals surface area contributed by atoms with Gasteiger partial charge in [0.15, 0.2) is 0 Å². The average molecular weight is 306 g/mol. The van der Waals surface area contributed by atoms with Crippen molar-refractivity contribution in [3.63, 3.8) is 0 Å². The van der Waals surface area contributed by atoms with E-state index in [0.717, 1.165) is 12.0 Å². The molecular formula is C13H17Cl2NOS. The minimum Gasteiger partial charge on any atom is -0.351 e. The van der Waals surface area contributed by atoms with Crippen LogP contribution < -0.4 is 5.32 Å². The highest BCUT2D eigenvalue weighted by Crippen LogP contribution is 2.32. The number of hydrogen-bond donors (Lipinski definition) is 1. The highest BCUT2D eigenvalue weighted by Gasteiger charge is 2.27. The topological polar surface area (TPSA) is 29.1 Å². The summed E-state index contributed by atoms with van der Waals surface area (Å²) in [5, 5.41) is 5.48. The Morgan fingerprint density at radius 1 is 1.50 bits per heavy atom. The summed E-state index contributed by atoms with van der Waals surface area (Å²) in [5.74, 6) is 1.71. The largest absolute Gasteiger partial charge is 0.351 e. The summed E-state index contributed by atoms with van der Waals surface area (Å²) in [7, 11) is 0. The van der Waals surface area contributed by atoms with Crippen LogP contribution in [-0.4, -0.2) is 18.3 Å². The van der Waals surface area contributed by atoms with Crippen molar-refractivity contribution < 1.29 is 4.79 Å². The van der Waals surface area contributed by atoms with Crippen molar-refractivity contribution in [2.75, 3.05) is 12.4 Å². The molecule has 0 saturated heterocycles. The zero-order chi connectivity index (χ0) is 13.1. The van der Waals surface area contributed by atoms with Crippen LogP contribution in [0.15, 0.2) is 5.38 Å². The molecule has 1 saturated carbocycles. The van der Waals surface area contributed by atoms with Crippen LogP contribution in [-0.2, 0) is 0 Å². The molecule has 1 aliphatic carbocycles. The van der Waals surface area contributed by atoms with E-state index in [4.69, 9.17) is 23.2 Å². The molecule has 2 unspecified atom stereocenters. The lowest BCUT2D eigenvalue weighted by molar-refractivity contribution is 0.0949. The third kappa shape index (κ3) is 3.01. The molecule has 0 bridgehead atoms. The number of rotatable bonds is 4. The number of hydrogen-bond acceptors (Lipinski definition) is 2. The zero-order valence-electron chi connectivity index (χ0n) is 10.3. The van der Waals surface area contributed by atoms with Crippen LogP contribution in [0.4, 0.5) is 0 Å². The van der Waals surface area contributed by atoms with Crippen molar-refractivity contribution in [3.8, 4) is 0 Å². The quantitative estimate of drug-likeness (QED) is 0.834. The van der Waals surface area contributed by atoms with Crippen molar-refractivity contribution in [1.82, 2.24) is 5.32 Å². The SMILES string of the molecule is Cc1csc(C(=O)NCC2CCCC2CCl)c1Cl. The Kier molecular flexibility index (Phi) is 4.93. The van der Waals surface area contributed by atoms with Crippen LogP contribution >= 0.6 is 34.5 Å². The van der Waals surface area contributed by atoms with Crippen LogP contribution in [0.25, 0.3) is 0 Å². The fourth-order valence-electron chi connectivity index (χ4n) is 2.47. The lowest BCUT2D eigenvalue weighted by atomic mass is 9.98. The second-order valence-electron chi connectivity index (χ2n) is 4.88. The summed E-state index contributed by atoms with van der Waals surface area (Å²) >= 11 is 13.4. The fourth-order valence-corrected chi connectivity index (χ4v) is 4.07. The first-order valence-electron chi connectivity index (χ1n) is 6.21. The summed E-state index contributed by atoms with van der Waals surface area (Å²) in [6.45, 7) is 2.62. The molecule has 1 aromatic heterocycles. The van der Waals surface area contributed by atoms with Gasteiger partial charge >= 0.3 is 0 Å². The maximum Gasteiger partial charge on any atom is 0.262 e. The van der Waals surface area contributed by atoms with Gasteiger partial charge in [-0.25, -0.2) is 0 Å². The molecule has 18 heavy (non-hydrogen) atoms. The van der Waals surface area contributed by atoms with Crippen LogP contribution in [0.1, 0.15) is 34.5 Å². The molecule has 2 nitrogen and oxygen atoms in total. The Morgan fingerprint density at radius 3 is 2.83 bits per heavy atom. The lowest BCUT2D eigenvalue weighted by Crippen LogP contribution is -2.30. The van der Waals surface area contributed by atoms with Gasteiger partial charge in [-0.05, 0) is 42.5 Å². The Labute approximate surface area is 122 Å². The van der Waals surface area contributed by atoms with E-state index in [9.17, 15) is 4.79 Å². The van der Waals surface area contributed by atoms with E-state index in [1.807, 2.05) is 12.3 Å². The van der Waals surface area contributed by atoms with Gasteiger partial charge in [-0.1, -0.05) is 18.0 Å². The monoisotopic (exact) mass is 305 g/mol. The molecule has 0 radical (unpaired) electrons. The van der Waals surface area contributed by atoms with E-state index >= 15 is 0 Å². The minimum absolute atomic E-state index is 0.0571. The van der Waals surface area contributed by atoms with E-state index in [-0.39, 0.29) is 5.91 Å². The maximum atomic E-state index is 12.0. The second-order valence-corrected chi connectivity index (χ2v) is 6.44. The van der Waals surface area contributed by atoms with E-state index in [1.165, 1.54) is 24.2 Å². The molecule has 2 rings (SSSR count). The highest BCUT2D eigenvalue weighted by atomic mass is 35.5. The van der Waals surface area contributed by atoms with Crippen LogP contribution in [0.3, 0.4) is 0 Å². The standard InChI is InChI=1S/C13H17Cl2NOS/c1-8-7-18-12(11(8)15)13(17)16-6-10-4-2-3-9(10)5-14/h7,9-10H,2-6H2,1H3,(H,16,17). The predicted octanol–water partition coefficient (Wildman–Crippen LogP) is 4.09. The molecule has 0 aromatic carbocycles. The number of carbonyl (C=O) groups is 1. The van der Waals surface area contributed by atoms with Gasteiger partial charge in [0.25, 0.3) is 5.91 Å². The summed E-state index contributed by atoms with van der Waals surface area (Å²) in [5.41, 5.74) is 0.964. The normalized spacial score (nSPS) is 23.3. The van der Waals surface area contributed by atoms with Gasteiger partial charge in [0, 0.05) is 12.4 Å². The molecule has 0 aliphatic heterocycles. The van der Waals surface area contributed by atoms with Gasteiger partial charge in [-0.2, -0.15) is 0 Å². The summed E-state index contributed by atoms with van der Waals surface area (Å²) in [6.07, 6.45) is 3.56. The number of aryl methyl sites for hydroxylation is 1. The number of carbonyl (C=O) groups excluding carboxylic acids is 1. The van der Waals surface area contributed by atoms with Crippen molar-refractivity contribution in [1.29, 1.82) is 0 Å². The zero-order valence-corrected chi connectivity index (χ0v) is 12.7. The van der Waals surface area contributed by atoms with Crippen molar-refractivity contribution >= 4 is 40.4 Å². The van der Waals surface area contributed by atoms with E-state index < -0.39 is 0 Å². The molecule has 0 spiro atoms. The number of nitrogens with one attached hydrogen (secondary N) is 1. The second kappa shape index (κ2) is 6.27.